The molecular formula is C17H9ClF9NO. The average Bonchev–Trinajstić information content (AvgIpc) is 2.56. The van der Waals surface area contributed by atoms with E-state index in [1.807, 2.05) is 0 Å². The molecule has 2 rings (SSSR count). The highest BCUT2D eigenvalue weighted by Gasteiger charge is 2.38. The van der Waals surface area contributed by atoms with Gasteiger partial charge in [0.1, 0.15) is 6.61 Å². The lowest BCUT2D eigenvalue weighted by Crippen LogP contribution is -2.13. The van der Waals surface area contributed by atoms with Gasteiger partial charge in [-0.3, -0.25) is 0 Å². The lowest BCUT2D eigenvalue weighted by molar-refractivity contribution is -0.144. The average molecular weight is 450 g/mol. The standard InChI is InChI=1S/C17H9ClF9NO/c18-12-3-4-13(16(22,23)24)10(5-12)7-28-29-8-9-1-2-11(15(19,20)21)6-14(9)17(25,26)27/h1-7H,8H2. The van der Waals surface area contributed by atoms with E-state index in [1.54, 1.807) is 0 Å². The molecule has 0 unspecified atom stereocenters. The summed E-state index contributed by atoms with van der Waals surface area (Å²) in [5.74, 6) is 0. The monoisotopic (exact) mass is 449 g/mol. The zero-order valence-corrected chi connectivity index (χ0v) is 14.6. The summed E-state index contributed by atoms with van der Waals surface area (Å²) in [4.78, 5) is 4.57. The molecule has 12 heteroatoms. The van der Waals surface area contributed by atoms with E-state index < -0.39 is 53.0 Å². The minimum absolute atomic E-state index is 0.0541. The number of oxime groups is 1. The number of alkyl halides is 9. The van der Waals surface area contributed by atoms with Crippen molar-refractivity contribution in [1.29, 1.82) is 0 Å². The van der Waals surface area contributed by atoms with Gasteiger partial charge in [-0.1, -0.05) is 22.8 Å². The zero-order valence-electron chi connectivity index (χ0n) is 13.9. The van der Waals surface area contributed by atoms with Crippen LogP contribution < -0.4 is 0 Å². The molecule has 0 heterocycles. The first kappa shape index (κ1) is 22.9. The van der Waals surface area contributed by atoms with Gasteiger partial charge in [0.25, 0.3) is 0 Å². The van der Waals surface area contributed by atoms with Gasteiger partial charge in [-0.05, 0) is 30.3 Å². The summed E-state index contributed by atoms with van der Waals surface area (Å²) in [5.41, 5.74) is -5.40. The smallest absolute Gasteiger partial charge is 0.391 e. The van der Waals surface area contributed by atoms with Crippen molar-refractivity contribution < 1.29 is 44.4 Å². The summed E-state index contributed by atoms with van der Waals surface area (Å²) >= 11 is 5.61. The number of hydrogen-bond donors (Lipinski definition) is 0. The molecule has 158 valence electrons. The number of nitrogens with zero attached hydrogens (tertiary/aromatic N) is 1. The molecule has 0 aliphatic heterocycles. The quantitative estimate of drug-likeness (QED) is 0.281. The molecule has 29 heavy (non-hydrogen) atoms. The molecule has 2 nitrogen and oxygen atoms in total. The third kappa shape index (κ3) is 6.02. The van der Waals surface area contributed by atoms with Gasteiger partial charge in [0.05, 0.1) is 22.9 Å². The van der Waals surface area contributed by atoms with Crippen molar-refractivity contribution in [2.45, 2.75) is 25.1 Å². The molecule has 0 bridgehead atoms. The molecule has 0 fully saturated rings. The van der Waals surface area contributed by atoms with Gasteiger partial charge in [-0.15, -0.1) is 0 Å². The fourth-order valence-corrected chi connectivity index (χ4v) is 2.42. The summed E-state index contributed by atoms with van der Waals surface area (Å²) in [5, 5.41) is 3.12. The van der Waals surface area contributed by atoms with Crippen molar-refractivity contribution in [3.63, 3.8) is 0 Å². The lowest BCUT2D eigenvalue weighted by Gasteiger charge is -2.15. The first-order valence-electron chi connectivity index (χ1n) is 7.49. The fourth-order valence-electron chi connectivity index (χ4n) is 2.24. The molecule has 0 amide bonds. The Balaban J connectivity index is 2.24. The van der Waals surface area contributed by atoms with Crippen molar-refractivity contribution >= 4 is 17.8 Å². The summed E-state index contributed by atoms with van der Waals surface area (Å²) < 4.78 is 116. The van der Waals surface area contributed by atoms with Gasteiger partial charge in [0.2, 0.25) is 0 Å². The number of benzene rings is 2. The van der Waals surface area contributed by atoms with Gasteiger partial charge in [0.15, 0.2) is 0 Å². The molecule has 0 radical (unpaired) electrons. The van der Waals surface area contributed by atoms with E-state index in [-0.39, 0.29) is 11.1 Å². The first-order valence-corrected chi connectivity index (χ1v) is 7.87. The van der Waals surface area contributed by atoms with Crippen LogP contribution in [0.1, 0.15) is 27.8 Å². The Hall–Kier alpha value is -2.43. The van der Waals surface area contributed by atoms with E-state index in [9.17, 15) is 39.5 Å². The Kier molecular flexibility index (Phi) is 6.41. The van der Waals surface area contributed by atoms with Crippen molar-refractivity contribution in [2.75, 3.05) is 0 Å². The minimum atomic E-state index is -5.11. The highest BCUT2D eigenvalue weighted by atomic mass is 35.5. The Morgan fingerprint density at radius 2 is 1.41 bits per heavy atom. The molecule has 2 aromatic rings. The topological polar surface area (TPSA) is 21.6 Å². The van der Waals surface area contributed by atoms with Crippen LogP contribution in [0, 0.1) is 0 Å². The Morgan fingerprint density at radius 3 is 1.97 bits per heavy atom. The predicted molar refractivity (Wildman–Crippen MR) is 85.3 cm³/mol. The van der Waals surface area contributed by atoms with E-state index in [4.69, 9.17) is 11.6 Å². The second kappa shape index (κ2) is 8.13. The van der Waals surface area contributed by atoms with E-state index in [1.165, 1.54) is 0 Å². The molecule has 2 aromatic carbocycles. The van der Waals surface area contributed by atoms with Gasteiger partial charge >= 0.3 is 18.5 Å². The number of hydrogen-bond acceptors (Lipinski definition) is 2. The summed E-state index contributed by atoms with van der Waals surface area (Å²) in [6.45, 7) is -0.925. The van der Waals surface area contributed by atoms with E-state index >= 15 is 0 Å². The molecule has 0 saturated heterocycles. The van der Waals surface area contributed by atoms with E-state index in [2.05, 4.69) is 9.99 Å². The van der Waals surface area contributed by atoms with E-state index in [0.717, 1.165) is 12.1 Å². The van der Waals surface area contributed by atoms with Crippen LogP contribution in [0.5, 0.6) is 0 Å². The van der Waals surface area contributed by atoms with Gasteiger partial charge in [0, 0.05) is 16.1 Å². The molecule has 0 atom stereocenters. The molecule has 0 aliphatic carbocycles. The highest BCUT2D eigenvalue weighted by molar-refractivity contribution is 6.30. The van der Waals surface area contributed by atoms with Crippen molar-refractivity contribution in [1.82, 2.24) is 0 Å². The summed E-state index contributed by atoms with van der Waals surface area (Å²) in [7, 11) is 0. The Morgan fingerprint density at radius 1 is 0.793 bits per heavy atom. The predicted octanol–water partition coefficient (Wildman–Crippen LogP) is 6.95. The van der Waals surface area contributed by atoms with Crippen molar-refractivity contribution in [3.8, 4) is 0 Å². The third-order valence-electron chi connectivity index (χ3n) is 3.55. The molecule has 0 N–H and O–H groups in total. The molecular weight excluding hydrogens is 441 g/mol. The minimum Gasteiger partial charge on any atom is -0.391 e. The SMILES string of the molecule is FC(F)(F)c1ccc(CON=Cc2cc(Cl)ccc2C(F)(F)F)c(C(F)(F)F)c1. The van der Waals surface area contributed by atoms with Gasteiger partial charge in [-0.2, -0.15) is 39.5 Å². The number of rotatable bonds is 4. The van der Waals surface area contributed by atoms with Crippen LogP contribution in [0.3, 0.4) is 0 Å². The summed E-state index contributed by atoms with van der Waals surface area (Å²) in [6, 6.07) is 3.48. The van der Waals surface area contributed by atoms with Crippen LogP contribution >= 0.6 is 11.6 Å². The summed E-state index contributed by atoms with van der Waals surface area (Å²) in [6.07, 6.45) is -14.3. The Labute approximate surface area is 162 Å². The van der Waals surface area contributed by atoms with Crippen molar-refractivity contribution in [2.24, 2.45) is 5.16 Å². The van der Waals surface area contributed by atoms with Crippen LogP contribution in [0.15, 0.2) is 41.6 Å². The Bertz CT molecular complexity index is 901. The first-order chi connectivity index (χ1) is 13.2. The molecule has 0 saturated carbocycles. The van der Waals surface area contributed by atoms with Crippen LogP contribution in [0.2, 0.25) is 5.02 Å². The second-order valence-electron chi connectivity index (χ2n) is 5.60. The van der Waals surface area contributed by atoms with Crippen LogP contribution in [-0.4, -0.2) is 6.21 Å². The van der Waals surface area contributed by atoms with Crippen LogP contribution in [0.25, 0.3) is 0 Å². The second-order valence-corrected chi connectivity index (χ2v) is 6.04. The zero-order chi connectivity index (χ0) is 22.0. The van der Waals surface area contributed by atoms with Crippen LogP contribution in [0.4, 0.5) is 39.5 Å². The fraction of sp³-hybridized carbons (Fsp3) is 0.235. The lowest BCUT2D eigenvalue weighted by atomic mass is 10.0. The van der Waals surface area contributed by atoms with Gasteiger partial charge < -0.3 is 4.84 Å². The molecule has 0 aromatic heterocycles. The molecule has 0 spiro atoms. The molecule has 0 aliphatic rings. The maximum Gasteiger partial charge on any atom is 0.417 e. The van der Waals surface area contributed by atoms with Crippen molar-refractivity contribution in [3.05, 3.63) is 69.2 Å². The maximum absolute atomic E-state index is 13.0. The normalized spacial score (nSPS) is 13.2. The van der Waals surface area contributed by atoms with E-state index in [0.29, 0.717) is 24.4 Å². The highest BCUT2D eigenvalue weighted by Crippen LogP contribution is 2.37. The third-order valence-corrected chi connectivity index (χ3v) is 3.78. The maximum atomic E-state index is 13.0. The van der Waals surface area contributed by atoms with Crippen LogP contribution in [-0.2, 0) is 30.0 Å². The number of halogens is 10. The largest absolute Gasteiger partial charge is 0.417 e. The van der Waals surface area contributed by atoms with Gasteiger partial charge in [-0.25, -0.2) is 0 Å².